The van der Waals surface area contributed by atoms with Crippen LogP contribution in [0.4, 0.5) is 0 Å². The molecule has 0 spiro atoms. The van der Waals surface area contributed by atoms with Crippen LogP contribution in [0.1, 0.15) is 61.3 Å². The van der Waals surface area contributed by atoms with E-state index in [1.165, 1.54) is 4.31 Å². The first kappa shape index (κ1) is 31.7. The molecular formula is C33H35Cl2N2O5S-. The van der Waals surface area contributed by atoms with Crippen LogP contribution in [0.15, 0.2) is 78.9 Å². The summed E-state index contributed by atoms with van der Waals surface area (Å²) >= 11 is 10.2. The Bertz CT molecular complexity index is 1470. The van der Waals surface area contributed by atoms with Crippen molar-refractivity contribution in [1.82, 2.24) is 9.21 Å². The third-order valence-corrected chi connectivity index (χ3v) is 9.99. The first-order chi connectivity index (χ1) is 20.6. The molecule has 2 fully saturated rings. The maximum atomic E-state index is 14.6. The van der Waals surface area contributed by atoms with Gasteiger partial charge in [0, 0.05) is 46.4 Å². The Kier molecular flexibility index (Phi) is 9.93. The third kappa shape index (κ3) is 7.49. The first-order valence-electron chi connectivity index (χ1n) is 14.5. The van der Waals surface area contributed by atoms with Gasteiger partial charge in [0.15, 0.2) is 0 Å². The highest BCUT2D eigenvalue weighted by Gasteiger charge is 2.54. The fraction of sp³-hybridized carbons (Fsp3) is 0.394. The number of hydrogen-bond acceptors (Lipinski definition) is 4. The van der Waals surface area contributed by atoms with Crippen molar-refractivity contribution in [2.45, 2.75) is 57.0 Å². The standard InChI is InChI=1S/C33H36Cl2N2O5S/c1-33(20-30(38)39)19-28(25-8-5-9-27(35)18-25)31(24-12-14-26(34)15-13-24)37(32(33)40)29(23-10-11-23)21-36(43(41)42)17-16-22-6-3-2-4-7-22/h2-9,12-15,18,23,28-29,31H,10-11,16-17,19-21H2,1H3,(H,38,39)(H,41,42)/p-1/t28-,29-,31-,33-/m1/s1. The number of nitrogens with zero attached hydrogens (tertiary/aromatic N) is 2. The summed E-state index contributed by atoms with van der Waals surface area (Å²) in [5.41, 5.74) is 1.55. The predicted octanol–water partition coefficient (Wildman–Crippen LogP) is 6.65. The summed E-state index contributed by atoms with van der Waals surface area (Å²) in [7, 11) is 0. The number of carboxylic acid groups (broad SMARTS) is 1. The lowest BCUT2D eigenvalue weighted by atomic mass is 9.67. The van der Waals surface area contributed by atoms with Gasteiger partial charge in [0.1, 0.15) is 0 Å². The average Bonchev–Trinajstić information content (AvgIpc) is 3.81. The Morgan fingerprint density at radius 2 is 1.74 bits per heavy atom. The highest BCUT2D eigenvalue weighted by Crippen LogP contribution is 2.54. The van der Waals surface area contributed by atoms with Crippen molar-refractivity contribution in [3.63, 3.8) is 0 Å². The van der Waals surface area contributed by atoms with Gasteiger partial charge in [0.2, 0.25) is 5.91 Å². The molecule has 0 bridgehead atoms. The molecule has 1 aliphatic heterocycles. The van der Waals surface area contributed by atoms with Crippen molar-refractivity contribution >= 4 is 46.3 Å². The van der Waals surface area contributed by atoms with Crippen LogP contribution in [-0.4, -0.2) is 54.1 Å². The SMILES string of the molecule is C[C@]1(CC(=O)O)C[C@H](c2cccc(Cl)c2)[C@@H](c2ccc(Cl)cc2)N([C@H](CN(CCc2ccccc2)S(=O)[O-])C2CC2)C1=O. The summed E-state index contributed by atoms with van der Waals surface area (Å²) in [5, 5.41) is 11.0. The van der Waals surface area contributed by atoms with E-state index in [0.29, 0.717) is 22.9 Å². The monoisotopic (exact) mass is 641 g/mol. The Morgan fingerprint density at radius 1 is 1.05 bits per heavy atom. The Labute approximate surface area is 265 Å². The molecule has 10 heteroatoms. The summed E-state index contributed by atoms with van der Waals surface area (Å²) in [4.78, 5) is 28.6. The minimum Gasteiger partial charge on any atom is -0.760 e. The normalized spacial score (nSPS) is 23.7. The van der Waals surface area contributed by atoms with E-state index in [9.17, 15) is 23.5 Å². The molecule has 3 aromatic rings. The molecule has 1 saturated heterocycles. The number of halogens is 2. The lowest BCUT2D eigenvalue weighted by Crippen LogP contribution is -2.59. The Balaban J connectivity index is 1.60. The van der Waals surface area contributed by atoms with Crippen LogP contribution in [0.25, 0.3) is 0 Å². The number of benzene rings is 3. The summed E-state index contributed by atoms with van der Waals surface area (Å²) < 4.78 is 26.5. The lowest BCUT2D eigenvalue weighted by Gasteiger charge is -2.52. The van der Waals surface area contributed by atoms with E-state index in [-0.39, 0.29) is 37.3 Å². The minimum atomic E-state index is -2.52. The van der Waals surface area contributed by atoms with Crippen LogP contribution in [0.5, 0.6) is 0 Å². The Morgan fingerprint density at radius 3 is 2.35 bits per heavy atom. The fourth-order valence-corrected chi connectivity index (χ4v) is 7.36. The smallest absolute Gasteiger partial charge is 0.304 e. The molecule has 1 N–H and O–H groups in total. The fourth-order valence-electron chi connectivity index (χ4n) is 6.52. The molecule has 5 rings (SSSR count). The number of rotatable bonds is 12. The van der Waals surface area contributed by atoms with Gasteiger partial charge in [0.25, 0.3) is 0 Å². The number of aliphatic carboxylic acids is 1. The second-order valence-corrected chi connectivity index (χ2v) is 13.8. The van der Waals surface area contributed by atoms with E-state index >= 15 is 0 Å². The molecule has 1 heterocycles. The van der Waals surface area contributed by atoms with E-state index < -0.39 is 34.7 Å². The topological polar surface area (TPSA) is 101 Å². The van der Waals surface area contributed by atoms with Crippen molar-refractivity contribution in [3.8, 4) is 0 Å². The number of piperidine rings is 1. The molecule has 1 unspecified atom stereocenters. The van der Waals surface area contributed by atoms with Gasteiger partial charge in [-0.15, -0.1) is 0 Å². The van der Waals surface area contributed by atoms with Gasteiger partial charge in [-0.1, -0.05) is 84.7 Å². The second kappa shape index (κ2) is 13.5. The van der Waals surface area contributed by atoms with Crippen LogP contribution in [0.3, 0.4) is 0 Å². The maximum Gasteiger partial charge on any atom is 0.304 e. The van der Waals surface area contributed by atoms with Gasteiger partial charge < -0.3 is 14.6 Å². The number of hydrogen-bond donors (Lipinski definition) is 1. The van der Waals surface area contributed by atoms with Crippen LogP contribution in [0.2, 0.25) is 10.0 Å². The van der Waals surface area contributed by atoms with Crippen molar-refractivity contribution in [2.75, 3.05) is 13.1 Å². The number of likely N-dealkylation sites (tertiary alicyclic amines) is 1. The Hall–Kier alpha value is -2.75. The molecule has 5 atom stereocenters. The highest BCUT2D eigenvalue weighted by atomic mass is 35.5. The summed E-state index contributed by atoms with van der Waals surface area (Å²) in [6, 6.07) is 23.6. The highest BCUT2D eigenvalue weighted by molar-refractivity contribution is 7.76. The molecule has 2 aliphatic rings. The maximum absolute atomic E-state index is 14.6. The molecule has 1 amide bonds. The van der Waals surface area contributed by atoms with Crippen molar-refractivity contribution in [1.29, 1.82) is 0 Å². The van der Waals surface area contributed by atoms with Gasteiger partial charge >= 0.3 is 5.97 Å². The van der Waals surface area contributed by atoms with Gasteiger partial charge in [0.05, 0.1) is 17.9 Å². The molecule has 3 aromatic carbocycles. The molecule has 0 radical (unpaired) electrons. The van der Waals surface area contributed by atoms with Crippen LogP contribution in [0, 0.1) is 11.3 Å². The van der Waals surface area contributed by atoms with Gasteiger partial charge in [-0.3, -0.25) is 13.8 Å². The largest absolute Gasteiger partial charge is 0.760 e. The van der Waals surface area contributed by atoms with Crippen LogP contribution < -0.4 is 0 Å². The van der Waals surface area contributed by atoms with Crippen LogP contribution in [-0.2, 0) is 27.3 Å². The third-order valence-electron chi connectivity index (χ3n) is 8.75. The lowest BCUT2D eigenvalue weighted by molar-refractivity contribution is -0.161. The first-order valence-corrected chi connectivity index (χ1v) is 16.3. The van der Waals surface area contributed by atoms with Gasteiger partial charge in [-0.25, -0.2) is 4.31 Å². The zero-order chi connectivity index (χ0) is 30.7. The zero-order valence-corrected chi connectivity index (χ0v) is 26.2. The van der Waals surface area contributed by atoms with Gasteiger partial charge in [-0.05, 0) is 72.6 Å². The van der Waals surface area contributed by atoms with Crippen molar-refractivity contribution in [2.24, 2.45) is 11.3 Å². The minimum absolute atomic E-state index is 0.0914. The summed E-state index contributed by atoms with van der Waals surface area (Å²) in [5.74, 6) is -1.53. The molecule has 1 aliphatic carbocycles. The number of carboxylic acids is 1. The molecule has 0 aromatic heterocycles. The average molecular weight is 643 g/mol. The number of carbonyl (C=O) groups is 2. The zero-order valence-electron chi connectivity index (χ0n) is 23.9. The molecule has 43 heavy (non-hydrogen) atoms. The van der Waals surface area contributed by atoms with E-state index in [4.69, 9.17) is 23.2 Å². The number of carbonyl (C=O) groups excluding carboxylic acids is 1. The van der Waals surface area contributed by atoms with Crippen molar-refractivity contribution < 1.29 is 23.5 Å². The second-order valence-electron chi connectivity index (χ2n) is 12.0. The molecule has 1 saturated carbocycles. The summed E-state index contributed by atoms with van der Waals surface area (Å²) in [6.45, 7) is 2.10. The number of amides is 1. The summed E-state index contributed by atoms with van der Waals surface area (Å²) in [6.07, 6.45) is 2.21. The van der Waals surface area contributed by atoms with E-state index in [2.05, 4.69) is 0 Å². The van der Waals surface area contributed by atoms with Crippen molar-refractivity contribution in [3.05, 3.63) is 106 Å². The van der Waals surface area contributed by atoms with E-state index in [0.717, 1.165) is 29.5 Å². The molecule has 228 valence electrons. The quantitative estimate of drug-likeness (QED) is 0.223. The molecule has 7 nitrogen and oxygen atoms in total. The van der Waals surface area contributed by atoms with Crippen LogP contribution >= 0.6 is 23.2 Å². The molecular weight excluding hydrogens is 607 g/mol. The van der Waals surface area contributed by atoms with E-state index in [1.54, 1.807) is 25.1 Å². The predicted molar refractivity (Wildman–Crippen MR) is 167 cm³/mol. The van der Waals surface area contributed by atoms with Gasteiger partial charge in [-0.2, -0.15) is 0 Å². The van der Waals surface area contributed by atoms with E-state index in [1.807, 2.05) is 65.6 Å².